The van der Waals surface area contributed by atoms with Crippen molar-refractivity contribution >= 4 is 11.9 Å². The van der Waals surface area contributed by atoms with Crippen LogP contribution in [0.25, 0.3) is 0 Å². The molecule has 8 heteroatoms. The van der Waals surface area contributed by atoms with Gasteiger partial charge in [-0.15, -0.1) is 0 Å². The van der Waals surface area contributed by atoms with Crippen LogP contribution >= 0.6 is 0 Å². The second-order valence-electron chi connectivity index (χ2n) is 4.66. The number of benzene rings is 1. The number of amides is 1. The Balaban J connectivity index is 2.49. The topological polar surface area (TPSA) is 75.6 Å². The molecule has 0 saturated heterocycles. The maximum atomic E-state index is 12.0. The summed E-state index contributed by atoms with van der Waals surface area (Å²) in [6.45, 7) is 1.17. The van der Waals surface area contributed by atoms with Crippen LogP contribution in [0, 0.1) is 0 Å². The van der Waals surface area contributed by atoms with Gasteiger partial charge in [-0.05, 0) is 24.6 Å². The third-order valence-electron chi connectivity index (χ3n) is 2.76. The van der Waals surface area contributed by atoms with Gasteiger partial charge in [0.05, 0.1) is 12.5 Å². The minimum atomic E-state index is -4.36. The van der Waals surface area contributed by atoms with E-state index in [4.69, 9.17) is 9.84 Å². The first kappa shape index (κ1) is 17.8. The largest absolute Gasteiger partial charge is 0.482 e. The number of carboxylic acids is 1. The summed E-state index contributed by atoms with van der Waals surface area (Å²) >= 11 is 0. The lowest BCUT2D eigenvalue weighted by molar-refractivity contribution is -0.144. The number of rotatable bonds is 7. The molecule has 122 valence electrons. The Kier molecular flexibility index (Phi) is 6.21. The Morgan fingerprint density at radius 3 is 2.36 bits per heavy atom. The maximum Gasteiger partial charge on any atom is 0.389 e. The van der Waals surface area contributed by atoms with Gasteiger partial charge in [0.15, 0.2) is 6.61 Å². The Labute approximate surface area is 125 Å². The van der Waals surface area contributed by atoms with E-state index in [0.717, 1.165) is 0 Å². The Morgan fingerprint density at radius 1 is 1.27 bits per heavy atom. The van der Waals surface area contributed by atoms with Crippen LogP contribution in [0.4, 0.5) is 13.2 Å². The van der Waals surface area contributed by atoms with Crippen LogP contribution in [0.5, 0.6) is 5.75 Å². The lowest BCUT2D eigenvalue weighted by Gasteiger charge is -2.15. The molecule has 0 spiro atoms. The summed E-state index contributed by atoms with van der Waals surface area (Å²) in [5, 5.41) is 10.9. The van der Waals surface area contributed by atoms with Crippen LogP contribution in [0.3, 0.4) is 0 Å². The highest BCUT2D eigenvalue weighted by Crippen LogP contribution is 2.22. The van der Waals surface area contributed by atoms with Crippen molar-refractivity contribution in [2.75, 3.05) is 6.61 Å². The lowest BCUT2D eigenvalue weighted by atomic mass is 10.1. The summed E-state index contributed by atoms with van der Waals surface area (Å²) in [4.78, 5) is 21.8. The van der Waals surface area contributed by atoms with Gasteiger partial charge in [-0.3, -0.25) is 4.79 Å². The normalized spacial score (nSPS) is 12.5. The van der Waals surface area contributed by atoms with Crippen molar-refractivity contribution in [1.29, 1.82) is 0 Å². The Bertz CT molecular complexity index is 514. The summed E-state index contributed by atoms with van der Waals surface area (Å²) in [6.07, 6.45) is -6.13. The molecule has 1 unspecified atom stereocenters. The van der Waals surface area contributed by atoms with Crippen LogP contribution in [-0.4, -0.2) is 29.8 Å². The van der Waals surface area contributed by atoms with Gasteiger partial charge in [0.2, 0.25) is 5.91 Å². The van der Waals surface area contributed by atoms with E-state index in [9.17, 15) is 22.8 Å². The maximum absolute atomic E-state index is 12.0. The van der Waals surface area contributed by atoms with E-state index in [0.29, 0.717) is 11.3 Å². The average Bonchev–Trinajstić information content (AvgIpc) is 2.42. The van der Waals surface area contributed by atoms with Crippen molar-refractivity contribution in [3.63, 3.8) is 0 Å². The molecule has 0 aliphatic heterocycles. The number of carboxylic acid groups (broad SMARTS) is 1. The number of halogens is 3. The molecule has 0 saturated carbocycles. The van der Waals surface area contributed by atoms with Gasteiger partial charge < -0.3 is 15.2 Å². The molecule has 22 heavy (non-hydrogen) atoms. The highest BCUT2D eigenvalue weighted by molar-refractivity contribution is 5.76. The van der Waals surface area contributed by atoms with Crippen molar-refractivity contribution in [2.24, 2.45) is 0 Å². The van der Waals surface area contributed by atoms with Crippen LogP contribution in [0.15, 0.2) is 24.3 Å². The lowest BCUT2D eigenvalue weighted by Crippen LogP contribution is -2.27. The molecule has 0 bridgehead atoms. The molecular weight excluding hydrogens is 303 g/mol. The molecule has 0 fully saturated rings. The number of nitrogens with one attached hydrogen (secondary N) is 1. The third kappa shape index (κ3) is 6.96. The minimum absolute atomic E-state index is 0.349. The first-order valence-electron chi connectivity index (χ1n) is 6.48. The van der Waals surface area contributed by atoms with Crippen molar-refractivity contribution in [3.8, 4) is 5.75 Å². The number of alkyl halides is 3. The van der Waals surface area contributed by atoms with Crippen molar-refractivity contribution in [1.82, 2.24) is 5.32 Å². The van der Waals surface area contributed by atoms with Crippen LogP contribution in [0.2, 0.25) is 0 Å². The summed E-state index contributed by atoms with van der Waals surface area (Å²) in [7, 11) is 0. The van der Waals surface area contributed by atoms with Gasteiger partial charge in [-0.2, -0.15) is 13.2 Å². The van der Waals surface area contributed by atoms with Crippen molar-refractivity contribution in [2.45, 2.75) is 32.0 Å². The zero-order valence-corrected chi connectivity index (χ0v) is 11.8. The quantitative estimate of drug-likeness (QED) is 0.810. The highest BCUT2D eigenvalue weighted by Gasteiger charge is 2.28. The molecule has 1 atom stereocenters. The molecule has 0 radical (unpaired) electrons. The molecule has 1 rings (SSSR count). The fourth-order valence-corrected chi connectivity index (χ4v) is 1.65. The van der Waals surface area contributed by atoms with Gasteiger partial charge in [-0.1, -0.05) is 12.1 Å². The second kappa shape index (κ2) is 7.67. The molecule has 0 aliphatic carbocycles. The zero-order valence-electron chi connectivity index (χ0n) is 11.8. The fourth-order valence-electron chi connectivity index (χ4n) is 1.65. The minimum Gasteiger partial charge on any atom is -0.482 e. The number of aliphatic carboxylic acids is 1. The van der Waals surface area contributed by atoms with E-state index in [2.05, 4.69) is 5.32 Å². The molecule has 5 nitrogen and oxygen atoms in total. The molecule has 1 aromatic rings. The average molecular weight is 319 g/mol. The van der Waals surface area contributed by atoms with Crippen LogP contribution in [-0.2, 0) is 9.59 Å². The number of hydrogen-bond donors (Lipinski definition) is 2. The summed E-state index contributed by atoms with van der Waals surface area (Å²) in [6, 6.07) is 5.79. The summed E-state index contributed by atoms with van der Waals surface area (Å²) in [5.74, 6) is -1.44. The molecule has 1 aromatic carbocycles. The van der Waals surface area contributed by atoms with Gasteiger partial charge in [0.1, 0.15) is 5.75 Å². The van der Waals surface area contributed by atoms with Gasteiger partial charge in [0, 0.05) is 6.42 Å². The monoisotopic (exact) mass is 319 g/mol. The van der Waals surface area contributed by atoms with E-state index in [-0.39, 0.29) is 0 Å². The molecule has 2 N–H and O–H groups in total. The Hall–Kier alpha value is -2.25. The summed E-state index contributed by atoms with van der Waals surface area (Å²) in [5.41, 5.74) is 0.669. The van der Waals surface area contributed by atoms with Crippen LogP contribution < -0.4 is 10.1 Å². The second-order valence-corrected chi connectivity index (χ2v) is 4.66. The third-order valence-corrected chi connectivity index (χ3v) is 2.76. The van der Waals surface area contributed by atoms with Gasteiger partial charge >= 0.3 is 12.1 Å². The Morgan fingerprint density at radius 2 is 1.86 bits per heavy atom. The molecule has 0 aliphatic rings. The van der Waals surface area contributed by atoms with E-state index < -0.39 is 43.5 Å². The predicted molar refractivity (Wildman–Crippen MR) is 71.4 cm³/mol. The smallest absolute Gasteiger partial charge is 0.389 e. The SMILES string of the molecule is CC(NC(=O)CCC(F)(F)F)c1ccc(OCC(=O)O)cc1. The summed E-state index contributed by atoms with van der Waals surface area (Å²) < 4.78 is 41.0. The molecule has 0 heterocycles. The van der Waals surface area contributed by atoms with Gasteiger partial charge in [-0.25, -0.2) is 4.79 Å². The van der Waals surface area contributed by atoms with Crippen LogP contribution in [0.1, 0.15) is 31.4 Å². The standard InChI is InChI=1S/C14H16F3NO4/c1-9(18-12(19)6-7-14(15,16)17)10-2-4-11(5-3-10)22-8-13(20)21/h2-5,9H,6-8H2,1H3,(H,18,19)(H,20,21). The highest BCUT2D eigenvalue weighted by atomic mass is 19.4. The molecule has 0 aromatic heterocycles. The van der Waals surface area contributed by atoms with E-state index in [1.54, 1.807) is 19.1 Å². The van der Waals surface area contributed by atoms with E-state index in [1.807, 2.05) is 0 Å². The number of carbonyl (C=O) groups is 2. The number of hydrogen-bond acceptors (Lipinski definition) is 3. The first-order chi connectivity index (χ1) is 10.2. The van der Waals surface area contributed by atoms with Crippen molar-refractivity contribution in [3.05, 3.63) is 29.8 Å². The van der Waals surface area contributed by atoms with Crippen molar-refractivity contribution < 1.29 is 32.6 Å². The number of carbonyl (C=O) groups excluding carboxylic acids is 1. The van der Waals surface area contributed by atoms with Gasteiger partial charge in [0.25, 0.3) is 0 Å². The fraction of sp³-hybridized carbons (Fsp3) is 0.429. The van der Waals surface area contributed by atoms with E-state index in [1.165, 1.54) is 12.1 Å². The van der Waals surface area contributed by atoms with E-state index >= 15 is 0 Å². The molecule has 1 amide bonds. The first-order valence-corrected chi connectivity index (χ1v) is 6.48. The molecular formula is C14H16F3NO4. The predicted octanol–water partition coefficient (Wildman–Crippen LogP) is 2.67. The zero-order chi connectivity index (χ0) is 16.8. The number of ether oxygens (including phenoxy) is 1.